The molecule has 1 aromatic rings. The van der Waals surface area contributed by atoms with Crippen molar-refractivity contribution in [3.63, 3.8) is 0 Å². The summed E-state index contributed by atoms with van der Waals surface area (Å²) >= 11 is 0. The van der Waals surface area contributed by atoms with Crippen LogP contribution in [0.1, 0.15) is 5.56 Å². The Hall–Kier alpha value is -2.02. The summed E-state index contributed by atoms with van der Waals surface area (Å²) in [5.41, 5.74) is -0.516. The molecule has 0 radical (unpaired) electrons. The molecule has 1 N–H and O–H groups in total. The van der Waals surface area contributed by atoms with E-state index in [4.69, 9.17) is 6.42 Å². The van der Waals surface area contributed by atoms with Gasteiger partial charge >= 0.3 is 5.69 Å². The third-order valence-corrected chi connectivity index (χ3v) is 1.49. The Morgan fingerprint density at radius 2 is 2.31 bits per heavy atom. The van der Waals surface area contributed by atoms with Crippen molar-refractivity contribution in [3.05, 3.63) is 38.7 Å². The molecule has 66 valence electrons. The average Bonchev–Trinajstić information content (AvgIpc) is 2.09. The number of H-pyrrole nitrogens is 1. The van der Waals surface area contributed by atoms with Crippen molar-refractivity contribution >= 4 is 6.08 Å². The van der Waals surface area contributed by atoms with E-state index < -0.39 is 11.2 Å². The lowest BCUT2D eigenvalue weighted by molar-refractivity contribution is 0.796. The lowest BCUT2D eigenvalue weighted by Crippen LogP contribution is -2.28. The average molecular weight is 176 g/mol. The Labute approximate surface area is 74.5 Å². The summed E-state index contributed by atoms with van der Waals surface area (Å²) in [4.78, 5) is 24.2. The van der Waals surface area contributed by atoms with Gasteiger partial charge in [-0.05, 0) is 12.2 Å². The van der Waals surface area contributed by atoms with Gasteiger partial charge in [-0.2, -0.15) is 0 Å². The number of nitrogens with one attached hydrogen (secondary N) is 1. The topological polar surface area (TPSA) is 54.9 Å². The van der Waals surface area contributed by atoms with Crippen molar-refractivity contribution in [2.75, 3.05) is 0 Å². The highest BCUT2D eigenvalue weighted by atomic mass is 16.2. The van der Waals surface area contributed by atoms with Crippen LogP contribution in [0.15, 0.2) is 21.9 Å². The number of aromatic nitrogens is 2. The molecule has 4 heteroatoms. The molecule has 0 fully saturated rings. The first-order valence-corrected chi connectivity index (χ1v) is 3.58. The van der Waals surface area contributed by atoms with E-state index in [1.54, 1.807) is 7.05 Å². The largest absolute Gasteiger partial charge is 0.328 e. The van der Waals surface area contributed by atoms with Crippen molar-refractivity contribution in [3.8, 4) is 12.3 Å². The summed E-state index contributed by atoms with van der Waals surface area (Å²) in [6.07, 6.45) is 9.27. The first-order valence-electron chi connectivity index (χ1n) is 3.58. The third kappa shape index (κ3) is 1.97. The number of aromatic amines is 1. The Bertz CT molecular complexity index is 486. The molecule has 0 atom stereocenters. The molecule has 0 saturated carbocycles. The van der Waals surface area contributed by atoms with Crippen LogP contribution in [0.25, 0.3) is 6.08 Å². The zero-order valence-electron chi connectivity index (χ0n) is 7.07. The molecule has 0 aliphatic heterocycles. The molecule has 1 rings (SSSR count). The van der Waals surface area contributed by atoms with E-state index in [-0.39, 0.29) is 0 Å². The van der Waals surface area contributed by atoms with Gasteiger partial charge in [0.15, 0.2) is 0 Å². The SMILES string of the molecule is C#C/C=C/c1cn(C)c(=O)[nH]c1=O. The van der Waals surface area contributed by atoms with Gasteiger partial charge in [-0.1, -0.05) is 5.92 Å². The van der Waals surface area contributed by atoms with Crippen LogP contribution < -0.4 is 11.2 Å². The fourth-order valence-electron chi connectivity index (χ4n) is 0.840. The predicted octanol–water partition coefficient (Wildman–Crippen LogP) is -0.280. The van der Waals surface area contributed by atoms with E-state index in [0.717, 1.165) is 0 Å². The Balaban J connectivity index is 3.34. The van der Waals surface area contributed by atoms with Gasteiger partial charge in [-0.15, -0.1) is 6.42 Å². The van der Waals surface area contributed by atoms with Crippen molar-refractivity contribution in [1.29, 1.82) is 0 Å². The molecular formula is C9H8N2O2. The molecule has 4 nitrogen and oxygen atoms in total. The van der Waals surface area contributed by atoms with Gasteiger partial charge in [0.25, 0.3) is 5.56 Å². The van der Waals surface area contributed by atoms with Crippen LogP contribution in [-0.2, 0) is 7.05 Å². The fraction of sp³-hybridized carbons (Fsp3) is 0.111. The highest BCUT2D eigenvalue weighted by Crippen LogP contribution is 1.89. The minimum absolute atomic E-state index is 0.361. The fourth-order valence-corrected chi connectivity index (χ4v) is 0.840. The maximum atomic E-state index is 11.1. The lowest BCUT2D eigenvalue weighted by Gasteiger charge is -1.96. The summed E-state index contributed by atoms with van der Waals surface area (Å²) in [7, 11) is 1.55. The van der Waals surface area contributed by atoms with Crippen LogP contribution in [0.5, 0.6) is 0 Å². The van der Waals surface area contributed by atoms with Crippen LogP contribution in [-0.4, -0.2) is 9.55 Å². The van der Waals surface area contributed by atoms with Crippen LogP contribution >= 0.6 is 0 Å². The quantitative estimate of drug-likeness (QED) is 0.598. The first-order chi connectivity index (χ1) is 6.15. The van der Waals surface area contributed by atoms with E-state index in [0.29, 0.717) is 5.56 Å². The van der Waals surface area contributed by atoms with Gasteiger partial charge in [0, 0.05) is 13.2 Å². The molecule has 0 aromatic carbocycles. The summed E-state index contributed by atoms with van der Waals surface area (Å²) in [5, 5.41) is 0. The van der Waals surface area contributed by atoms with Crippen molar-refractivity contribution in [2.45, 2.75) is 0 Å². The van der Waals surface area contributed by atoms with Gasteiger partial charge in [-0.3, -0.25) is 9.78 Å². The van der Waals surface area contributed by atoms with E-state index >= 15 is 0 Å². The lowest BCUT2D eigenvalue weighted by atomic mass is 10.3. The third-order valence-electron chi connectivity index (χ3n) is 1.49. The summed E-state index contributed by atoms with van der Waals surface area (Å²) in [6.45, 7) is 0. The Kier molecular flexibility index (Phi) is 2.50. The maximum Gasteiger partial charge on any atom is 0.328 e. The first kappa shape index (κ1) is 9.07. The molecule has 1 heterocycles. The second-order valence-electron chi connectivity index (χ2n) is 2.45. The molecule has 1 aromatic heterocycles. The van der Waals surface area contributed by atoms with E-state index in [1.807, 2.05) is 0 Å². The van der Waals surface area contributed by atoms with Gasteiger partial charge < -0.3 is 4.57 Å². The second-order valence-corrected chi connectivity index (χ2v) is 2.45. The molecular weight excluding hydrogens is 168 g/mol. The number of hydrogen-bond acceptors (Lipinski definition) is 2. The van der Waals surface area contributed by atoms with Gasteiger partial charge in [-0.25, -0.2) is 4.79 Å². The highest BCUT2D eigenvalue weighted by molar-refractivity contribution is 5.49. The molecule has 0 amide bonds. The summed E-state index contributed by atoms with van der Waals surface area (Å²) in [5.74, 6) is 2.26. The van der Waals surface area contributed by atoms with Crippen LogP contribution in [0.3, 0.4) is 0 Å². The number of terminal acetylenes is 1. The summed E-state index contributed by atoms with van der Waals surface area (Å²) in [6, 6.07) is 0. The van der Waals surface area contributed by atoms with Gasteiger partial charge in [0.05, 0.1) is 5.56 Å². The zero-order valence-corrected chi connectivity index (χ0v) is 7.07. The second kappa shape index (κ2) is 3.59. The molecule has 0 aliphatic carbocycles. The highest BCUT2D eigenvalue weighted by Gasteiger charge is 1.97. The molecule has 0 aliphatic rings. The van der Waals surface area contributed by atoms with Crippen molar-refractivity contribution in [1.82, 2.24) is 9.55 Å². The monoisotopic (exact) mass is 176 g/mol. The minimum atomic E-state index is -0.442. The summed E-state index contributed by atoms with van der Waals surface area (Å²) < 4.78 is 1.28. The normalized spacial score (nSPS) is 10.2. The van der Waals surface area contributed by atoms with E-state index in [1.165, 1.54) is 22.9 Å². The number of nitrogens with zero attached hydrogens (tertiary/aromatic N) is 1. The van der Waals surface area contributed by atoms with Crippen LogP contribution in [0, 0.1) is 12.3 Å². The molecule has 0 bridgehead atoms. The van der Waals surface area contributed by atoms with E-state index in [2.05, 4.69) is 10.9 Å². The van der Waals surface area contributed by atoms with Crippen molar-refractivity contribution in [2.24, 2.45) is 7.05 Å². The molecule has 0 spiro atoms. The number of hydrogen-bond donors (Lipinski definition) is 1. The van der Waals surface area contributed by atoms with Crippen LogP contribution in [0.2, 0.25) is 0 Å². The molecule has 13 heavy (non-hydrogen) atoms. The maximum absolute atomic E-state index is 11.1. The smallest absolute Gasteiger partial charge is 0.303 e. The molecule has 0 unspecified atom stereocenters. The Morgan fingerprint density at radius 1 is 1.62 bits per heavy atom. The molecule has 0 saturated heterocycles. The standard InChI is InChI=1S/C9H8N2O2/c1-3-4-5-7-6-11(2)9(13)10-8(7)12/h1,4-6H,2H3,(H,10,12,13)/b5-4+. The number of rotatable bonds is 1. The van der Waals surface area contributed by atoms with Crippen molar-refractivity contribution < 1.29 is 0 Å². The Morgan fingerprint density at radius 3 is 2.92 bits per heavy atom. The number of aryl methyl sites for hydroxylation is 1. The predicted molar refractivity (Wildman–Crippen MR) is 50.2 cm³/mol. The van der Waals surface area contributed by atoms with Gasteiger partial charge in [0.2, 0.25) is 0 Å². The van der Waals surface area contributed by atoms with Gasteiger partial charge in [0.1, 0.15) is 0 Å². The van der Waals surface area contributed by atoms with E-state index in [9.17, 15) is 9.59 Å². The zero-order chi connectivity index (χ0) is 9.84. The number of allylic oxidation sites excluding steroid dienone is 1. The minimum Gasteiger partial charge on any atom is -0.303 e. The van der Waals surface area contributed by atoms with Crippen LogP contribution in [0.4, 0.5) is 0 Å².